The van der Waals surface area contributed by atoms with Gasteiger partial charge in [-0.1, -0.05) is 35.9 Å². The first-order chi connectivity index (χ1) is 11.8. The average molecular weight is 364 g/mol. The first kappa shape index (κ1) is 19.1. The van der Waals surface area contributed by atoms with Gasteiger partial charge < -0.3 is 5.32 Å². The quantitative estimate of drug-likeness (QED) is 0.821. The third-order valence-electron chi connectivity index (χ3n) is 3.66. The summed E-state index contributed by atoms with van der Waals surface area (Å²) in [5, 5.41) is 2.57. The number of hydrogen-bond acceptors (Lipinski definition) is 3. The van der Waals surface area contributed by atoms with Crippen molar-refractivity contribution in [1.82, 2.24) is 9.62 Å². The van der Waals surface area contributed by atoms with E-state index in [2.05, 4.69) is 5.32 Å². The van der Waals surface area contributed by atoms with Crippen LogP contribution in [0.3, 0.4) is 0 Å². The number of nitrogens with zero attached hydrogens (tertiary/aromatic N) is 1. The minimum Gasteiger partial charge on any atom is -0.355 e. The summed E-state index contributed by atoms with van der Waals surface area (Å²) in [6.07, 6.45) is 0. The molecule has 0 atom stereocenters. The maximum Gasteiger partial charge on any atom is 0.243 e. The monoisotopic (exact) mass is 364 g/mol. The second-order valence-electron chi connectivity index (χ2n) is 5.63. The van der Waals surface area contributed by atoms with E-state index in [0.717, 1.165) is 9.87 Å². The molecule has 0 aliphatic carbocycles. The topological polar surface area (TPSA) is 66.5 Å². The number of likely N-dealkylation sites (N-methyl/N-ethyl adjacent to an activating group) is 1. The summed E-state index contributed by atoms with van der Waals surface area (Å²) in [4.78, 5) is 12.0. The molecule has 1 amide bonds. The summed E-state index contributed by atoms with van der Waals surface area (Å²) in [6, 6.07) is 12.2. The Hall–Kier alpha value is -2.25. The zero-order chi connectivity index (χ0) is 18.4. The maximum absolute atomic E-state index is 14.0. The molecule has 0 aliphatic heterocycles. The van der Waals surface area contributed by atoms with Gasteiger partial charge in [0.15, 0.2) is 0 Å². The molecule has 0 aliphatic rings. The maximum atomic E-state index is 14.0. The third kappa shape index (κ3) is 4.87. The van der Waals surface area contributed by atoms with E-state index in [4.69, 9.17) is 0 Å². The molecule has 0 bridgehead atoms. The lowest BCUT2D eigenvalue weighted by Crippen LogP contribution is -2.40. The summed E-state index contributed by atoms with van der Waals surface area (Å²) < 4.78 is 40.8. The molecule has 0 heterocycles. The summed E-state index contributed by atoms with van der Waals surface area (Å²) in [5.41, 5.74) is 1.13. The molecule has 7 heteroatoms. The van der Waals surface area contributed by atoms with Crippen molar-refractivity contribution in [3.05, 3.63) is 65.5 Å². The van der Waals surface area contributed by atoms with Crippen LogP contribution >= 0.6 is 0 Å². The average Bonchev–Trinajstić information content (AvgIpc) is 2.57. The second kappa shape index (κ2) is 8.22. The molecule has 0 unspecified atom stereocenters. The lowest BCUT2D eigenvalue weighted by atomic mass is 10.2. The molecule has 0 radical (unpaired) electrons. The number of carbonyl (C=O) groups excluding carboxylic acids is 1. The Morgan fingerprint density at radius 2 is 1.76 bits per heavy atom. The van der Waals surface area contributed by atoms with Crippen molar-refractivity contribution in [2.45, 2.75) is 25.3 Å². The highest BCUT2D eigenvalue weighted by Crippen LogP contribution is 2.20. The molecule has 5 nitrogen and oxygen atoms in total. The van der Waals surface area contributed by atoms with E-state index in [1.165, 1.54) is 30.3 Å². The van der Waals surface area contributed by atoms with E-state index in [-0.39, 0.29) is 23.5 Å². The largest absolute Gasteiger partial charge is 0.355 e. The number of amides is 1. The molecule has 0 aromatic heterocycles. The van der Waals surface area contributed by atoms with Gasteiger partial charge in [0.1, 0.15) is 5.82 Å². The van der Waals surface area contributed by atoms with Gasteiger partial charge in [0.2, 0.25) is 15.9 Å². The number of halogens is 1. The first-order valence-corrected chi connectivity index (χ1v) is 9.35. The Labute approximate surface area is 147 Å². The molecule has 0 saturated heterocycles. The van der Waals surface area contributed by atoms with Crippen LogP contribution in [0.25, 0.3) is 0 Å². The first-order valence-electron chi connectivity index (χ1n) is 7.91. The van der Waals surface area contributed by atoms with Crippen molar-refractivity contribution >= 4 is 15.9 Å². The molecule has 0 spiro atoms. The third-order valence-corrected chi connectivity index (χ3v) is 5.46. The molecule has 0 saturated carbocycles. The van der Waals surface area contributed by atoms with Crippen LogP contribution < -0.4 is 5.32 Å². The fourth-order valence-corrected chi connectivity index (χ4v) is 3.69. The van der Waals surface area contributed by atoms with Gasteiger partial charge in [-0.2, -0.15) is 4.31 Å². The number of nitrogens with one attached hydrogen (secondary N) is 1. The van der Waals surface area contributed by atoms with Gasteiger partial charge >= 0.3 is 0 Å². The number of aryl methyl sites for hydroxylation is 1. The van der Waals surface area contributed by atoms with Gasteiger partial charge in [0.25, 0.3) is 0 Å². The molecule has 1 N–H and O–H groups in total. The van der Waals surface area contributed by atoms with Crippen molar-refractivity contribution in [1.29, 1.82) is 0 Å². The summed E-state index contributed by atoms with van der Waals surface area (Å²) >= 11 is 0. The fourth-order valence-electron chi connectivity index (χ4n) is 2.32. The minimum atomic E-state index is -3.94. The smallest absolute Gasteiger partial charge is 0.243 e. The van der Waals surface area contributed by atoms with Crippen molar-refractivity contribution in [2.24, 2.45) is 0 Å². The van der Waals surface area contributed by atoms with Crippen molar-refractivity contribution in [3.63, 3.8) is 0 Å². The molecule has 2 rings (SSSR count). The Morgan fingerprint density at radius 3 is 2.36 bits per heavy atom. The van der Waals surface area contributed by atoms with Crippen LogP contribution in [-0.2, 0) is 21.4 Å². The van der Waals surface area contributed by atoms with Crippen LogP contribution in [0.15, 0.2) is 53.4 Å². The van der Waals surface area contributed by atoms with E-state index < -0.39 is 21.7 Å². The molecule has 2 aromatic rings. The van der Waals surface area contributed by atoms with Crippen LogP contribution in [0.2, 0.25) is 0 Å². The fraction of sp³-hybridized carbons (Fsp3) is 0.278. The molecular formula is C18H21FN2O3S. The van der Waals surface area contributed by atoms with E-state index in [9.17, 15) is 17.6 Å². The van der Waals surface area contributed by atoms with E-state index in [1.807, 2.05) is 6.92 Å². The normalized spacial score (nSPS) is 11.5. The Morgan fingerprint density at radius 1 is 1.12 bits per heavy atom. The van der Waals surface area contributed by atoms with E-state index in [1.54, 1.807) is 25.1 Å². The Balaban J connectivity index is 2.37. The van der Waals surface area contributed by atoms with Crippen LogP contribution in [0.1, 0.15) is 18.1 Å². The Bertz CT molecular complexity index is 836. The van der Waals surface area contributed by atoms with Gasteiger partial charge in [0, 0.05) is 18.7 Å². The number of rotatable bonds is 7. The van der Waals surface area contributed by atoms with Gasteiger partial charge in [-0.3, -0.25) is 4.79 Å². The summed E-state index contributed by atoms with van der Waals surface area (Å²) in [5.74, 6) is -0.947. The SMILES string of the molecule is CCNC(=O)CN(Cc1ccccc1F)S(=O)(=O)c1ccc(C)cc1. The zero-order valence-corrected chi connectivity index (χ0v) is 15.0. The summed E-state index contributed by atoms with van der Waals surface area (Å²) in [7, 11) is -3.94. The van der Waals surface area contributed by atoms with Crippen LogP contribution in [0, 0.1) is 12.7 Å². The lowest BCUT2D eigenvalue weighted by molar-refractivity contribution is -0.121. The Kier molecular flexibility index (Phi) is 6.27. The number of carbonyl (C=O) groups is 1. The second-order valence-corrected chi connectivity index (χ2v) is 7.57. The highest BCUT2D eigenvalue weighted by Gasteiger charge is 2.27. The molecule has 25 heavy (non-hydrogen) atoms. The van der Waals surface area contributed by atoms with Crippen LogP contribution in [0.5, 0.6) is 0 Å². The predicted octanol–water partition coefficient (Wildman–Crippen LogP) is 2.46. The summed E-state index contributed by atoms with van der Waals surface area (Å²) in [6.45, 7) is 3.38. The highest BCUT2D eigenvalue weighted by molar-refractivity contribution is 7.89. The molecule has 0 fully saturated rings. The minimum absolute atomic E-state index is 0.0683. The van der Waals surface area contributed by atoms with Crippen molar-refractivity contribution in [2.75, 3.05) is 13.1 Å². The molecule has 134 valence electrons. The van der Waals surface area contributed by atoms with Gasteiger partial charge in [-0.25, -0.2) is 12.8 Å². The molecular weight excluding hydrogens is 343 g/mol. The predicted molar refractivity (Wildman–Crippen MR) is 93.9 cm³/mol. The van der Waals surface area contributed by atoms with Crippen LogP contribution in [-0.4, -0.2) is 31.7 Å². The van der Waals surface area contributed by atoms with Crippen LogP contribution in [0.4, 0.5) is 4.39 Å². The van der Waals surface area contributed by atoms with E-state index >= 15 is 0 Å². The van der Waals surface area contributed by atoms with Crippen molar-refractivity contribution < 1.29 is 17.6 Å². The lowest BCUT2D eigenvalue weighted by Gasteiger charge is -2.22. The van der Waals surface area contributed by atoms with E-state index in [0.29, 0.717) is 6.54 Å². The standard InChI is InChI=1S/C18H21FN2O3S/c1-3-20-18(22)13-21(12-15-6-4-5-7-17(15)19)25(23,24)16-10-8-14(2)9-11-16/h4-11H,3,12-13H2,1-2H3,(H,20,22). The zero-order valence-electron chi connectivity index (χ0n) is 14.2. The van der Waals surface area contributed by atoms with Gasteiger partial charge in [-0.05, 0) is 32.0 Å². The van der Waals surface area contributed by atoms with Gasteiger partial charge in [0.05, 0.1) is 11.4 Å². The van der Waals surface area contributed by atoms with Crippen molar-refractivity contribution in [3.8, 4) is 0 Å². The number of benzene rings is 2. The number of hydrogen-bond donors (Lipinski definition) is 1. The van der Waals surface area contributed by atoms with Gasteiger partial charge in [-0.15, -0.1) is 0 Å². The number of sulfonamides is 1. The molecule has 2 aromatic carbocycles. The highest BCUT2D eigenvalue weighted by atomic mass is 32.2.